The fourth-order valence-electron chi connectivity index (χ4n) is 2.80. The average molecular weight is 348 g/mol. The molecule has 4 heteroatoms. The molecular formula is C22H20O4. The van der Waals surface area contributed by atoms with Gasteiger partial charge in [0.1, 0.15) is 24.4 Å². The molecule has 0 fully saturated rings. The number of benzene rings is 2. The van der Waals surface area contributed by atoms with Crippen molar-refractivity contribution in [1.29, 1.82) is 0 Å². The molecule has 0 radical (unpaired) electrons. The van der Waals surface area contributed by atoms with E-state index in [2.05, 4.69) is 6.58 Å². The molecule has 1 aliphatic rings. The lowest BCUT2D eigenvalue weighted by Crippen LogP contribution is -2.08. The number of aryl methyl sites for hydroxylation is 1. The lowest BCUT2D eigenvalue weighted by atomic mass is 10.0. The van der Waals surface area contributed by atoms with E-state index in [1.54, 1.807) is 12.1 Å². The summed E-state index contributed by atoms with van der Waals surface area (Å²) in [5.74, 6) is 0.848. The minimum atomic E-state index is -0.229. The van der Waals surface area contributed by atoms with Crippen LogP contribution in [-0.4, -0.2) is 23.1 Å². The topological polar surface area (TPSA) is 66.8 Å². The minimum absolute atomic E-state index is 0.0362. The summed E-state index contributed by atoms with van der Waals surface area (Å²) in [7, 11) is 0. The second-order valence-electron chi connectivity index (χ2n) is 6.10. The van der Waals surface area contributed by atoms with Gasteiger partial charge >= 0.3 is 0 Å². The Bertz CT molecular complexity index is 871. The SMILES string of the molecule is C=C1C=C(CO)OC(CCc2ccc(-c3ccc(C=O)cc3)cc2)=C1O. The van der Waals surface area contributed by atoms with Crippen molar-refractivity contribution in [2.45, 2.75) is 12.8 Å². The van der Waals surface area contributed by atoms with Crippen LogP contribution in [0.2, 0.25) is 0 Å². The van der Waals surface area contributed by atoms with Crippen molar-refractivity contribution in [3.63, 3.8) is 0 Å². The van der Waals surface area contributed by atoms with Gasteiger partial charge in [0.25, 0.3) is 0 Å². The lowest BCUT2D eigenvalue weighted by molar-refractivity contribution is 0.112. The third-order valence-corrected chi connectivity index (χ3v) is 4.29. The zero-order chi connectivity index (χ0) is 18.5. The minimum Gasteiger partial charge on any atom is -0.504 e. The van der Waals surface area contributed by atoms with Crippen molar-refractivity contribution >= 4 is 6.29 Å². The van der Waals surface area contributed by atoms with Gasteiger partial charge in [-0.1, -0.05) is 55.1 Å². The largest absolute Gasteiger partial charge is 0.504 e. The Kier molecular flexibility index (Phi) is 5.34. The van der Waals surface area contributed by atoms with Crippen LogP contribution in [0.1, 0.15) is 22.3 Å². The third kappa shape index (κ3) is 3.92. The monoisotopic (exact) mass is 348 g/mol. The van der Waals surface area contributed by atoms with Gasteiger partial charge in [-0.25, -0.2) is 0 Å². The number of hydrogen-bond acceptors (Lipinski definition) is 4. The van der Waals surface area contributed by atoms with Crippen molar-refractivity contribution in [2.24, 2.45) is 0 Å². The van der Waals surface area contributed by atoms with Crippen LogP contribution in [-0.2, 0) is 11.2 Å². The molecule has 26 heavy (non-hydrogen) atoms. The molecular weight excluding hydrogens is 328 g/mol. The molecule has 0 spiro atoms. The Hall–Kier alpha value is -3.11. The molecule has 2 aromatic carbocycles. The van der Waals surface area contributed by atoms with E-state index in [1.165, 1.54) is 6.08 Å². The van der Waals surface area contributed by atoms with Crippen molar-refractivity contribution < 1.29 is 19.7 Å². The normalized spacial score (nSPS) is 14.0. The van der Waals surface area contributed by atoms with Gasteiger partial charge < -0.3 is 14.9 Å². The average Bonchev–Trinajstić information content (AvgIpc) is 2.69. The van der Waals surface area contributed by atoms with Crippen molar-refractivity contribution in [1.82, 2.24) is 0 Å². The first-order valence-corrected chi connectivity index (χ1v) is 8.36. The van der Waals surface area contributed by atoms with Crippen LogP contribution in [0, 0.1) is 0 Å². The molecule has 0 saturated carbocycles. The molecule has 0 saturated heterocycles. The highest BCUT2D eigenvalue weighted by Gasteiger charge is 2.17. The smallest absolute Gasteiger partial charge is 0.160 e. The van der Waals surface area contributed by atoms with Crippen LogP contribution in [0.4, 0.5) is 0 Å². The van der Waals surface area contributed by atoms with Crippen LogP contribution < -0.4 is 0 Å². The van der Waals surface area contributed by atoms with E-state index in [1.807, 2.05) is 36.4 Å². The third-order valence-electron chi connectivity index (χ3n) is 4.29. The van der Waals surface area contributed by atoms with Gasteiger partial charge in [0, 0.05) is 17.6 Å². The highest BCUT2D eigenvalue weighted by molar-refractivity contribution is 5.76. The molecule has 0 atom stereocenters. The Morgan fingerprint density at radius 2 is 1.58 bits per heavy atom. The van der Waals surface area contributed by atoms with Gasteiger partial charge in [0.2, 0.25) is 0 Å². The summed E-state index contributed by atoms with van der Waals surface area (Å²) >= 11 is 0. The van der Waals surface area contributed by atoms with E-state index in [9.17, 15) is 15.0 Å². The molecule has 3 rings (SSSR count). The molecule has 0 bridgehead atoms. The van der Waals surface area contributed by atoms with Crippen LogP contribution in [0.5, 0.6) is 0 Å². The number of carbonyl (C=O) groups excluding carboxylic acids is 1. The highest BCUT2D eigenvalue weighted by atomic mass is 16.5. The van der Waals surface area contributed by atoms with Crippen molar-refractivity contribution in [2.75, 3.05) is 6.61 Å². The molecule has 132 valence electrons. The van der Waals surface area contributed by atoms with E-state index >= 15 is 0 Å². The fourth-order valence-corrected chi connectivity index (χ4v) is 2.80. The van der Waals surface area contributed by atoms with Crippen LogP contribution >= 0.6 is 0 Å². The first-order chi connectivity index (χ1) is 12.6. The summed E-state index contributed by atoms with van der Waals surface area (Å²) in [5, 5.41) is 19.3. The Balaban J connectivity index is 1.67. The van der Waals surface area contributed by atoms with Gasteiger partial charge in [0.05, 0.1) is 0 Å². The number of aliphatic hydroxyl groups is 2. The van der Waals surface area contributed by atoms with Crippen LogP contribution in [0.25, 0.3) is 11.1 Å². The maximum Gasteiger partial charge on any atom is 0.160 e. The first kappa shape index (κ1) is 17.7. The Morgan fingerprint density at radius 1 is 0.962 bits per heavy atom. The predicted octanol–water partition coefficient (Wildman–Crippen LogP) is 4.33. The molecule has 1 aliphatic heterocycles. The highest BCUT2D eigenvalue weighted by Crippen LogP contribution is 2.27. The summed E-state index contributed by atoms with van der Waals surface area (Å²) in [6, 6.07) is 15.5. The first-order valence-electron chi connectivity index (χ1n) is 8.36. The van der Waals surface area contributed by atoms with E-state index in [0.29, 0.717) is 35.5 Å². The second-order valence-corrected chi connectivity index (χ2v) is 6.10. The van der Waals surface area contributed by atoms with Gasteiger partial charge in [-0.3, -0.25) is 4.79 Å². The number of hydrogen-bond donors (Lipinski definition) is 2. The van der Waals surface area contributed by atoms with Crippen LogP contribution in [0.15, 0.2) is 84.0 Å². The quantitative estimate of drug-likeness (QED) is 0.763. The maximum atomic E-state index is 10.7. The number of allylic oxidation sites excluding steroid dienone is 2. The Morgan fingerprint density at radius 3 is 2.15 bits per heavy atom. The second kappa shape index (κ2) is 7.85. The van der Waals surface area contributed by atoms with E-state index < -0.39 is 0 Å². The number of aliphatic hydroxyl groups excluding tert-OH is 2. The molecule has 1 heterocycles. The fraction of sp³-hybridized carbons (Fsp3) is 0.136. The zero-order valence-electron chi connectivity index (χ0n) is 14.3. The van der Waals surface area contributed by atoms with Gasteiger partial charge in [-0.05, 0) is 29.2 Å². The van der Waals surface area contributed by atoms with Crippen molar-refractivity contribution in [3.05, 3.63) is 95.2 Å². The molecule has 2 aromatic rings. The van der Waals surface area contributed by atoms with Gasteiger partial charge in [-0.15, -0.1) is 0 Å². The summed E-state index contributed by atoms with van der Waals surface area (Å²) < 4.78 is 5.51. The molecule has 0 unspecified atom stereocenters. The summed E-state index contributed by atoms with van der Waals surface area (Å²) in [5.41, 5.74) is 4.33. The molecule has 2 N–H and O–H groups in total. The zero-order valence-corrected chi connectivity index (χ0v) is 14.3. The summed E-state index contributed by atoms with van der Waals surface area (Å²) in [6.45, 7) is 3.53. The van der Waals surface area contributed by atoms with Crippen molar-refractivity contribution in [3.8, 4) is 11.1 Å². The number of aldehydes is 1. The summed E-state index contributed by atoms with van der Waals surface area (Å²) in [4.78, 5) is 10.7. The molecule has 0 aromatic heterocycles. The molecule has 0 amide bonds. The van der Waals surface area contributed by atoms with E-state index in [4.69, 9.17) is 4.74 Å². The molecule has 0 aliphatic carbocycles. The Labute approximate surface area is 152 Å². The molecule has 4 nitrogen and oxygen atoms in total. The predicted molar refractivity (Wildman–Crippen MR) is 101 cm³/mol. The lowest BCUT2D eigenvalue weighted by Gasteiger charge is -2.19. The van der Waals surface area contributed by atoms with E-state index in [-0.39, 0.29) is 12.4 Å². The van der Waals surface area contributed by atoms with Gasteiger partial charge in [-0.2, -0.15) is 0 Å². The number of ether oxygens (including phenoxy) is 1. The van der Waals surface area contributed by atoms with E-state index in [0.717, 1.165) is 23.0 Å². The standard InChI is InChI=1S/C22H20O4/c1-15-12-20(14-24)26-21(22(15)25)11-6-16-2-7-18(8-3-16)19-9-4-17(13-23)5-10-19/h2-5,7-10,12-13,24-25H,1,6,11,14H2. The number of carbonyl (C=O) groups is 1. The number of rotatable bonds is 6. The van der Waals surface area contributed by atoms with Crippen LogP contribution in [0.3, 0.4) is 0 Å². The van der Waals surface area contributed by atoms with Gasteiger partial charge in [0.15, 0.2) is 5.76 Å². The maximum absolute atomic E-state index is 10.7. The summed E-state index contributed by atoms with van der Waals surface area (Å²) in [6.07, 6.45) is 3.56.